The summed E-state index contributed by atoms with van der Waals surface area (Å²) in [6.45, 7) is 17.5. The molecule has 0 aromatic rings. The highest BCUT2D eigenvalue weighted by atomic mass is 16.7. The van der Waals surface area contributed by atoms with Gasteiger partial charge in [0, 0.05) is 25.9 Å². The van der Waals surface area contributed by atoms with Gasteiger partial charge in [0.25, 0.3) is 0 Å². The quantitative estimate of drug-likeness (QED) is 0.140. The molecule has 0 aromatic heterocycles. The molecule has 0 bridgehead atoms. The molecule has 2 N–H and O–H groups in total. The molecule has 4 rings (SSSR count). The zero-order valence-corrected chi connectivity index (χ0v) is 31.2. The molecule has 1 aliphatic carbocycles. The van der Waals surface area contributed by atoms with Crippen molar-refractivity contribution in [3.63, 3.8) is 0 Å². The van der Waals surface area contributed by atoms with Gasteiger partial charge in [0.1, 0.15) is 36.6 Å². The fourth-order valence-electron chi connectivity index (χ4n) is 7.80. The number of ether oxygens (including phenoxy) is 7. The van der Waals surface area contributed by atoms with Crippen molar-refractivity contribution in [1.82, 2.24) is 0 Å². The fourth-order valence-corrected chi connectivity index (χ4v) is 7.80. The summed E-state index contributed by atoms with van der Waals surface area (Å²) in [4.78, 5) is 14.0. The Balaban J connectivity index is 1.73. The zero-order chi connectivity index (χ0) is 35.9. The highest BCUT2D eigenvalue weighted by Gasteiger charge is 2.59. The van der Waals surface area contributed by atoms with Crippen LogP contribution in [0.5, 0.6) is 0 Å². The molecule has 2 saturated heterocycles. The van der Waals surface area contributed by atoms with E-state index in [0.29, 0.717) is 55.5 Å². The molecule has 2 fully saturated rings. The van der Waals surface area contributed by atoms with E-state index in [9.17, 15) is 15.0 Å². The highest BCUT2D eigenvalue weighted by Crippen LogP contribution is 2.46. The predicted octanol–water partition coefficient (Wildman–Crippen LogP) is 5.81. The molecule has 0 amide bonds. The minimum absolute atomic E-state index is 0.00253. The van der Waals surface area contributed by atoms with Crippen LogP contribution in [0.3, 0.4) is 0 Å². The van der Waals surface area contributed by atoms with E-state index in [1.165, 1.54) is 0 Å². The average molecular weight is 691 g/mol. The first-order chi connectivity index (χ1) is 23.3. The number of carbonyl (C=O) groups excluding carboxylic acids is 1. The number of aliphatic hydroxyl groups excluding tert-OH is 1. The van der Waals surface area contributed by atoms with Gasteiger partial charge in [0.05, 0.1) is 38.1 Å². The molecule has 49 heavy (non-hydrogen) atoms. The van der Waals surface area contributed by atoms with Crippen molar-refractivity contribution >= 4 is 5.97 Å². The smallest absolute Gasteiger partial charge is 0.316 e. The Hall–Kier alpha value is -1.89. The van der Waals surface area contributed by atoms with Gasteiger partial charge in [-0.15, -0.1) is 0 Å². The van der Waals surface area contributed by atoms with E-state index < -0.39 is 41.6 Å². The second kappa shape index (κ2) is 17.6. The average Bonchev–Trinajstić information content (AvgIpc) is 3.40. The number of hydrogen-bond donors (Lipinski definition) is 2. The molecule has 10 heteroatoms. The van der Waals surface area contributed by atoms with Gasteiger partial charge in [0.2, 0.25) is 0 Å². The molecule has 4 aliphatic rings. The van der Waals surface area contributed by atoms with Crippen LogP contribution in [-0.2, 0) is 38.0 Å². The maximum absolute atomic E-state index is 14.0. The Bertz CT molecular complexity index is 1220. The van der Waals surface area contributed by atoms with Gasteiger partial charge in [-0.25, -0.2) is 0 Å². The normalized spacial score (nSPS) is 42.8. The molecule has 278 valence electrons. The Morgan fingerprint density at radius 1 is 1.08 bits per heavy atom. The molecule has 0 radical (unpaired) electrons. The molecule has 1 spiro atoms. The first-order valence-corrected chi connectivity index (χ1v) is 18.3. The maximum atomic E-state index is 14.0. The van der Waals surface area contributed by atoms with E-state index in [2.05, 4.69) is 47.6 Å². The second-order valence-electron chi connectivity index (χ2n) is 14.9. The van der Waals surface area contributed by atoms with E-state index in [-0.39, 0.29) is 37.6 Å². The van der Waals surface area contributed by atoms with Gasteiger partial charge in [-0.1, -0.05) is 64.5 Å². The second-order valence-corrected chi connectivity index (χ2v) is 14.9. The van der Waals surface area contributed by atoms with Crippen LogP contribution in [0.25, 0.3) is 0 Å². The monoisotopic (exact) mass is 690 g/mol. The van der Waals surface area contributed by atoms with E-state index in [1.807, 2.05) is 19.1 Å². The van der Waals surface area contributed by atoms with E-state index in [4.69, 9.17) is 33.2 Å². The standard InChI is InChI=1S/C39H62O10/c1-10-24(2)35-27(5)16-17-38(49-35)21-30(8)47-37(41)32-20-28(6)33(40)36-39(32,42)31(22-45-36)13-11-12-25(3)34(46-23-44-19-18-43-9)26(4)14-15-29(7)48-38/h11-14,20,24-25,27,29-30,32-36,40,42H,10,15-19,21-23H2,1-9H3/b12-11+,26-14+,31-13+/t24?,25-,27-,29-,30-,32+,33+,34-,35+,36+,38+,39+/m0/s1. The lowest BCUT2D eigenvalue weighted by atomic mass is 9.71. The molecule has 1 unspecified atom stereocenters. The number of aliphatic hydroxyl groups is 2. The van der Waals surface area contributed by atoms with Crippen molar-refractivity contribution in [3.05, 3.63) is 47.1 Å². The van der Waals surface area contributed by atoms with Crippen LogP contribution in [0.15, 0.2) is 47.1 Å². The lowest BCUT2D eigenvalue weighted by Gasteiger charge is -2.47. The number of carbonyl (C=O) groups is 1. The molecular weight excluding hydrogens is 628 g/mol. The molecule has 3 heterocycles. The topological polar surface area (TPSA) is 122 Å². The largest absolute Gasteiger partial charge is 0.462 e. The van der Waals surface area contributed by atoms with Crippen molar-refractivity contribution in [1.29, 1.82) is 0 Å². The fraction of sp³-hybridized carbons (Fsp3) is 0.769. The van der Waals surface area contributed by atoms with Crippen molar-refractivity contribution in [2.24, 2.45) is 23.7 Å². The third-order valence-corrected chi connectivity index (χ3v) is 10.9. The van der Waals surface area contributed by atoms with Crippen molar-refractivity contribution in [2.45, 2.75) is 136 Å². The molecule has 0 saturated carbocycles. The van der Waals surface area contributed by atoms with Gasteiger partial charge in [0.15, 0.2) is 5.79 Å². The van der Waals surface area contributed by atoms with Crippen LogP contribution in [0, 0.1) is 23.7 Å². The highest BCUT2D eigenvalue weighted by molar-refractivity contribution is 5.78. The minimum atomic E-state index is -1.78. The lowest BCUT2D eigenvalue weighted by molar-refractivity contribution is -0.320. The van der Waals surface area contributed by atoms with Crippen LogP contribution in [0.1, 0.15) is 87.5 Å². The summed E-state index contributed by atoms with van der Waals surface area (Å²) in [6.07, 6.45) is 9.86. The third kappa shape index (κ3) is 9.32. The number of rotatable bonds is 8. The van der Waals surface area contributed by atoms with Crippen molar-refractivity contribution in [2.75, 3.05) is 33.7 Å². The number of methoxy groups -OCH3 is 1. The van der Waals surface area contributed by atoms with Gasteiger partial charge in [-0.2, -0.15) is 0 Å². The third-order valence-electron chi connectivity index (χ3n) is 10.9. The van der Waals surface area contributed by atoms with Crippen LogP contribution >= 0.6 is 0 Å². The van der Waals surface area contributed by atoms with Crippen molar-refractivity contribution in [3.8, 4) is 0 Å². The number of hydrogen-bond acceptors (Lipinski definition) is 10. The summed E-state index contributed by atoms with van der Waals surface area (Å²) in [5, 5.41) is 23.3. The molecule has 12 atom stereocenters. The maximum Gasteiger partial charge on any atom is 0.316 e. The number of esters is 1. The first kappa shape index (κ1) is 39.9. The Labute approximate surface area is 293 Å². The lowest BCUT2D eigenvalue weighted by Crippen LogP contribution is -2.57. The first-order valence-electron chi connectivity index (χ1n) is 18.3. The summed E-state index contributed by atoms with van der Waals surface area (Å²) in [5.41, 5.74) is 0.322. The van der Waals surface area contributed by atoms with Gasteiger partial charge >= 0.3 is 5.97 Å². The predicted molar refractivity (Wildman–Crippen MR) is 186 cm³/mol. The number of allylic oxidation sites excluding steroid dienone is 2. The van der Waals surface area contributed by atoms with Crippen LogP contribution in [0.4, 0.5) is 0 Å². The van der Waals surface area contributed by atoms with Crippen LogP contribution in [0.2, 0.25) is 0 Å². The Morgan fingerprint density at radius 2 is 1.84 bits per heavy atom. The summed E-state index contributed by atoms with van der Waals surface area (Å²) >= 11 is 0. The van der Waals surface area contributed by atoms with E-state index in [0.717, 1.165) is 18.4 Å². The minimum Gasteiger partial charge on any atom is -0.462 e. The SMILES string of the molecule is CCC(C)[C@H]1O[C@]2(CC[C@@H]1C)C[C@H](C)OC(=O)[C@H]1C=C(C)[C@@H](O)[C@H]3OC/C(=C\C=C\[C@H](C)[C@H](OCOCCOC)/C(C)=C/C[C@H](C)O2)[C@@]13O. The molecule has 3 aliphatic heterocycles. The van der Waals surface area contributed by atoms with Crippen molar-refractivity contribution < 1.29 is 48.2 Å². The summed E-state index contributed by atoms with van der Waals surface area (Å²) in [7, 11) is 1.63. The van der Waals surface area contributed by atoms with Gasteiger partial charge in [-0.3, -0.25) is 4.79 Å². The van der Waals surface area contributed by atoms with Crippen LogP contribution in [-0.4, -0.2) is 97.9 Å². The summed E-state index contributed by atoms with van der Waals surface area (Å²) in [5.74, 6) is -1.97. The van der Waals surface area contributed by atoms with Gasteiger partial charge < -0.3 is 43.4 Å². The van der Waals surface area contributed by atoms with E-state index in [1.54, 1.807) is 26.2 Å². The molecule has 10 nitrogen and oxygen atoms in total. The summed E-state index contributed by atoms with van der Waals surface area (Å²) in [6, 6.07) is 0. The summed E-state index contributed by atoms with van der Waals surface area (Å²) < 4.78 is 42.9. The van der Waals surface area contributed by atoms with Crippen LogP contribution < -0.4 is 0 Å². The Kier molecular flexibility index (Phi) is 14.3. The van der Waals surface area contributed by atoms with Gasteiger partial charge in [-0.05, 0) is 69.1 Å². The zero-order valence-electron chi connectivity index (χ0n) is 31.2. The van der Waals surface area contributed by atoms with E-state index >= 15 is 0 Å². The molecular formula is C39H62O10. The number of cyclic esters (lactones) is 1. The Morgan fingerprint density at radius 3 is 2.55 bits per heavy atom. The molecule has 0 aromatic carbocycles.